The molecule has 0 aliphatic rings. The average Bonchev–Trinajstić information content (AvgIpc) is 2.30. The molecule has 0 saturated heterocycles. The summed E-state index contributed by atoms with van der Waals surface area (Å²) in [6.07, 6.45) is 0. The van der Waals surface area contributed by atoms with E-state index in [4.69, 9.17) is 22.1 Å². The maximum absolute atomic E-state index is 6.13. The Labute approximate surface area is 114 Å². The summed E-state index contributed by atoms with van der Waals surface area (Å²) in [7, 11) is 1.71. The van der Waals surface area contributed by atoms with Gasteiger partial charge in [-0.25, -0.2) is 4.98 Å². The van der Waals surface area contributed by atoms with Gasteiger partial charge < -0.3 is 10.5 Å². The van der Waals surface area contributed by atoms with E-state index in [-0.39, 0.29) is 0 Å². The van der Waals surface area contributed by atoms with Gasteiger partial charge in [-0.15, -0.1) is 0 Å². The molecule has 0 aromatic carbocycles. The molecular formula is C13H22ClN3O. The van der Waals surface area contributed by atoms with E-state index in [1.807, 2.05) is 0 Å². The number of hydrogen-bond acceptors (Lipinski definition) is 4. The molecule has 18 heavy (non-hydrogen) atoms. The lowest BCUT2D eigenvalue weighted by Crippen LogP contribution is -2.31. The highest BCUT2D eigenvalue weighted by Crippen LogP contribution is 2.17. The number of aromatic nitrogens is 1. The molecule has 102 valence electrons. The Balaban J connectivity index is 2.71. The summed E-state index contributed by atoms with van der Waals surface area (Å²) in [6.45, 7) is 7.62. The first-order valence-corrected chi connectivity index (χ1v) is 6.53. The van der Waals surface area contributed by atoms with Crippen molar-refractivity contribution in [1.29, 1.82) is 0 Å². The Morgan fingerprint density at radius 1 is 1.44 bits per heavy atom. The number of nitrogen functional groups attached to an aromatic ring is 1. The minimum absolute atomic E-state index is 0.505. The first-order valence-electron chi connectivity index (χ1n) is 6.15. The minimum atomic E-state index is 0.505. The zero-order chi connectivity index (χ0) is 13.5. The Morgan fingerprint density at radius 3 is 2.78 bits per heavy atom. The number of pyridine rings is 1. The Bertz CT molecular complexity index is 371. The zero-order valence-electron chi connectivity index (χ0n) is 11.3. The molecule has 1 aromatic rings. The molecule has 0 unspecified atom stereocenters. The van der Waals surface area contributed by atoms with E-state index in [1.54, 1.807) is 19.2 Å². The minimum Gasteiger partial charge on any atom is -0.384 e. The smallest absolute Gasteiger partial charge is 0.123 e. The van der Waals surface area contributed by atoms with E-state index >= 15 is 0 Å². The molecule has 1 aromatic heterocycles. The fourth-order valence-corrected chi connectivity index (χ4v) is 1.96. The summed E-state index contributed by atoms with van der Waals surface area (Å²) in [5, 5.41) is 0.662. The second-order valence-electron chi connectivity index (χ2n) is 4.79. The first kappa shape index (κ1) is 15.2. The second-order valence-corrected chi connectivity index (χ2v) is 5.19. The van der Waals surface area contributed by atoms with Crippen LogP contribution in [0.3, 0.4) is 0 Å². The third kappa shape index (κ3) is 5.21. The van der Waals surface area contributed by atoms with Crippen LogP contribution >= 0.6 is 11.6 Å². The third-order valence-electron chi connectivity index (χ3n) is 2.55. The average molecular weight is 272 g/mol. The van der Waals surface area contributed by atoms with Crippen molar-refractivity contribution in [2.45, 2.75) is 20.4 Å². The molecule has 0 aliphatic carbocycles. The number of anilines is 1. The molecular weight excluding hydrogens is 250 g/mol. The van der Waals surface area contributed by atoms with Crippen LogP contribution in [0.1, 0.15) is 19.5 Å². The van der Waals surface area contributed by atoms with Gasteiger partial charge in [0.15, 0.2) is 0 Å². The van der Waals surface area contributed by atoms with Crippen molar-refractivity contribution in [3.63, 3.8) is 0 Å². The molecule has 4 nitrogen and oxygen atoms in total. The van der Waals surface area contributed by atoms with E-state index in [2.05, 4.69) is 23.7 Å². The highest BCUT2D eigenvalue weighted by atomic mass is 35.5. The molecule has 0 aliphatic heterocycles. The van der Waals surface area contributed by atoms with Gasteiger partial charge in [0.2, 0.25) is 0 Å². The van der Waals surface area contributed by atoms with E-state index in [9.17, 15) is 0 Å². The standard InChI is InChI=1S/C13H22ClN3O/c1-10(2)8-17(6-7-18-3)9-12-11(14)4-5-13(15)16-12/h4-5,10H,6-9H2,1-3H3,(H2,15,16). The number of rotatable bonds is 7. The number of ether oxygens (including phenoxy) is 1. The summed E-state index contributed by atoms with van der Waals surface area (Å²) >= 11 is 6.13. The zero-order valence-corrected chi connectivity index (χ0v) is 12.1. The lowest BCUT2D eigenvalue weighted by molar-refractivity contribution is 0.135. The Morgan fingerprint density at radius 2 is 2.17 bits per heavy atom. The molecule has 1 rings (SSSR count). The van der Waals surface area contributed by atoms with Crippen LogP contribution in [0.25, 0.3) is 0 Å². The van der Waals surface area contributed by atoms with Gasteiger partial charge in [0, 0.05) is 26.7 Å². The van der Waals surface area contributed by atoms with Gasteiger partial charge >= 0.3 is 0 Å². The monoisotopic (exact) mass is 271 g/mol. The molecule has 2 N–H and O–H groups in total. The van der Waals surface area contributed by atoms with Crippen LogP contribution in [0.2, 0.25) is 5.02 Å². The summed E-state index contributed by atoms with van der Waals surface area (Å²) in [4.78, 5) is 6.57. The van der Waals surface area contributed by atoms with Crippen LogP contribution in [0.4, 0.5) is 5.82 Å². The summed E-state index contributed by atoms with van der Waals surface area (Å²) < 4.78 is 5.13. The third-order valence-corrected chi connectivity index (χ3v) is 2.89. The van der Waals surface area contributed by atoms with Gasteiger partial charge in [-0.3, -0.25) is 4.90 Å². The SMILES string of the molecule is COCCN(Cc1nc(N)ccc1Cl)CC(C)C. The van der Waals surface area contributed by atoms with Crippen LogP contribution in [0.15, 0.2) is 12.1 Å². The van der Waals surface area contributed by atoms with Gasteiger partial charge in [-0.05, 0) is 18.1 Å². The maximum atomic E-state index is 6.13. The number of halogens is 1. The fourth-order valence-electron chi connectivity index (χ4n) is 1.80. The predicted molar refractivity (Wildman–Crippen MR) is 75.7 cm³/mol. The summed E-state index contributed by atoms with van der Waals surface area (Å²) in [5.74, 6) is 1.09. The van der Waals surface area contributed by atoms with Crippen molar-refractivity contribution < 1.29 is 4.74 Å². The largest absolute Gasteiger partial charge is 0.384 e. The number of nitrogens with two attached hydrogens (primary N) is 1. The van der Waals surface area contributed by atoms with Crippen LogP contribution in [0, 0.1) is 5.92 Å². The first-order chi connectivity index (χ1) is 8.52. The maximum Gasteiger partial charge on any atom is 0.123 e. The molecule has 0 fully saturated rings. The fraction of sp³-hybridized carbons (Fsp3) is 0.615. The van der Waals surface area contributed by atoms with Gasteiger partial charge in [-0.1, -0.05) is 25.4 Å². The summed E-state index contributed by atoms with van der Waals surface area (Å²) in [5.41, 5.74) is 6.52. The topological polar surface area (TPSA) is 51.4 Å². The molecule has 1 heterocycles. The molecule has 0 radical (unpaired) electrons. The Kier molecular flexibility index (Phi) is 6.39. The normalized spacial score (nSPS) is 11.4. The van der Waals surface area contributed by atoms with Gasteiger partial charge in [0.25, 0.3) is 0 Å². The number of methoxy groups -OCH3 is 1. The molecule has 0 saturated carbocycles. The van der Waals surface area contributed by atoms with E-state index < -0.39 is 0 Å². The van der Waals surface area contributed by atoms with E-state index in [0.717, 1.165) is 18.8 Å². The van der Waals surface area contributed by atoms with Crippen molar-refractivity contribution in [1.82, 2.24) is 9.88 Å². The second kappa shape index (κ2) is 7.56. The van der Waals surface area contributed by atoms with Gasteiger partial charge in [0.05, 0.1) is 17.3 Å². The van der Waals surface area contributed by atoms with Crippen LogP contribution in [0.5, 0.6) is 0 Å². The molecule has 0 bridgehead atoms. The van der Waals surface area contributed by atoms with Gasteiger partial charge in [0.1, 0.15) is 5.82 Å². The van der Waals surface area contributed by atoms with Crippen molar-refractivity contribution in [3.8, 4) is 0 Å². The quantitative estimate of drug-likeness (QED) is 0.828. The molecule has 0 amide bonds. The van der Waals surface area contributed by atoms with Crippen LogP contribution in [-0.2, 0) is 11.3 Å². The van der Waals surface area contributed by atoms with Crippen molar-refractivity contribution in [3.05, 3.63) is 22.8 Å². The lowest BCUT2D eigenvalue weighted by Gasteiger charge is -2.24. The van der Waals surface area contributed by atoms with Crippen molar-refractivity contribution in [2.24, 2.45) is 5.92 Å². The number of nitrogens with zero attached hydrogens (tertiary/aromatic N) is 2. The van der Waals surface area contributed by atoms with E-state index in [0.29, 0.717) is 29.9 Å². The van der Waals surface area contributed by atoms with E-state index in [1.165, 1.54) is 0 Å². The highest BCUT2D eigenvalue weighted by molar-refractivity contribution is 6.31. The van der Waals surface area contributed by atoms with Crippen LogP contribution < -0.4 is 5.73 Å². The van der Waals surface area contributed by atoms with Crippen molar-refractivity contribution in [2.75, 3.05) is 32.5 Å². The van der Waals surface area contributed by atoms with Crippen LogP contribution in [-0.4, -0.2) is 36.7 Å². The lowest BCUT2D eigenvalue weighted by atomic mass is 10.2. The van der Waals surface area contributed by atoms with Gasteiger partial charge in [-0.2, -0.15) is 0 Å². The summed E-state index contributed by atoms with van der Waals surface area (Å²) in [6, 6.07) is 3.51. The molecule has 0 atom stereocenters. The highest BCUT2D eigenvalue weighted by Gasteiger charge is 2.11. The predicted octanol–water partition coefficient (Wildman–Crippen LogP) is 2.42. The number of hydrogen-bond donors (Lipinski definition) is 1. The molecule has 0 spiro atoms. The Hall–Kier alpha value is -0.840. The molecule has 5 heteroatoms. The van der Waals surface area contributed by atoms with Crippen molar-refractivity contribution >= 4 is 17.4 Å².